The van der Waals surface area contributed by atoms with Crippen LogP contribution in [-0.4, -0.2) is 10.9 Å². The van der Waals surface area contributed by atoms with Crippen molar-refractivity contribution in [3.05, 3.63) is 45.4 Å². The molecule has 1 amide bonds. The van der Waals surface area contributed by atoms with Crippen molar-refractivity contribution >= 4 is 34.6 Å². The predicted octanol–water partition coefficient (Wildman–Crippen LogP) is 4.29. The Morgan fingerprint density at radius 1 is 1.29 bits per heavy atom. The lowest BCUT2D eigenvalue weighted by molar-refractivity contribution is -0.110. The van der Waals surface area contributed by atoms with Crippen LogP contribution >= 0.6 is 11.3 Å². The summed E-state index contributed by atoms with van der Waals surface area (Å²) in [4.78, 5) is 19.1. The smallest absolute Gasteiger partial charge is 0.258 e. The first-order chi connectivity index (χ1) is 10.2. The molecule has 0 aromatic carbocycles. The van der Waals surface area contributed by atoms with E-state index >= 15 is 0 Å². The normalized spacial score (nSPS) is 15.3. The zero-order chi connectivity index (χ0) is 14.8. The fraction of sp³-hybridized carbons (Fsp3) is 0.294. The molecule has 0 unspecified atom stereocenters. The van der Waals surface area contributed by atoms with Gasteiger partial charge in [-0.2, -0.15) is 0 Å². The zero-order valence-corrected chi connectivity index (χ0v) is 13.1. The molecular formula is C17H18N2OS. The summed E-state index contributed by atoms with van der Waals surface area (Å²) in [6.07, 6.45) is 5.48. The van der Waals surface area contributed by atoms with Crippen molar-refractivity contribution in [1.29, 1.82) is 0 Å². The van der Waals surface area contributed by atoms with E-state index in [0.717, 1.165) is 28.4 Å². The van der Waals surface area contributed by atoms with E-state index < -0.39 is 0 Å². The number of amides is 1. The minimum Gasteiger partial charge on any atom is -0.320 e. The van der Waals surface area contributed by atoms with Crippen LogP contribution in [-0.2, 0) is 11.2 Å². The van der Waals surface area contributed by atoms with Gasteiger partial charge >= 0.3 is 0 Å². The number of rotatable bonds is 4. The maximum absolute atomic E-state index is 12.1. The van der Waals surface area contributed by atoms with Gasteiger partial charge in [0.2, 0.25) is 0 Å². The number of carbonyl (C=O) groups excluding carboxylic acids is 1. The van der Waals surface area contributed by atoms with Crippen LogP contribution < -0.4 is 5.32 Å². The van der Waals surface area contributed by atoms with E-state index in [4.69, 9.17) is 0 Å². The van der Waals surface area contributed by atoms with Crippen LogP contribution in [0.5, 0.6) is 0 Å². The van der Waals surface area contributed by atoms with Gasteiger partial charge in [-0.25, -0.2) is 0 Å². The summed E-state index contributed by atoms with van der Waals surface area (Å²) in [6.45, 7) is 4.14. The number of carbonyl (C=O) groups is 1. The molecule has 2 aromatic rings. The van der Waals surface area contributed by atoms with Gasteiger partial charge in [-0.1, -0.05) is 13.3 Å². The molecule has 0 aliphatic carbocycles. The Morgan fingerprint density at radius 3 is 2.95 bits per heavy atom. The van der Waals surface area contributed by atoms with Crippen molar-refractivity contribution in [2.24, 2.45) is 0 Å². The number of unbranched alkanes of at least 4 members (excludes halogenated alkanes) is 1. The molecule has 0 saturated heterocycles. The molecule has 1 aliphatic heterocycles. The van der Waals surface area contributed by atoms with Gasteiger partial charge in [-0.3, -0.25) is 9.78 Å². The van der Waals surface area contributed by atoms with E-state index in [1.54, 1.807) is 11.3 Å². The highest BCUT2D eigenvalue weighted by atomic mass is 32.1. The van der Waals surface area contributed by atoms with Gasteiger partial charge in [0.15, 0.2) is 0 Å². The van der Waals surface area contributed by atoms with Crippen molar-refractivity contribution < 1.29 is 4.79 Å². The number of nitrogens with zero attached hydrogens (tertiary/aromatic N) is 1. The Kier molecular flexibility index (Phi) is 3.88. The highest BCUT2D eigenvalue weighted by Gasteiger charge is 2.25. The predicted molar refractivity (Wildman–Crippen MR) is 88.4 cm³/mol. The van der Waals surface area contributed by atoms with Crippen LogP contribution in [0, 0.1) is 6.92 Å². The Labute approximate surface area is 128 Å². The first-order valence-corrected chi connectivity index (χ1v) is 8.09. The molecule has 0 radical (unpaired) electrons. The molecule has 2 aromatic heterocycles. The highest BCUT2D eigenvalue weighted by Crippen LogP contribution is 2.33. The third-order valence-corrected chi connectivity index (χ3v) is 4.62. The van der Waals surface area contributed by atoms with Gasteiger partial charge in [-0.15, -0.1) is 11.3 Å². The molecule has 1 aliphatic rings. The number of pyridine rings is 1. The number of hydrogen-bond acceptors (Lipinski definition) is 3. The number of anilines is 1. The molecule has 3 nitrogen and oxygen atoms in total. The first kappa shape index (κ1) is 14.0. The van der Waals surface area contributed by atoms with Crippen molar-refractivity contribution in [1.82, 2.24) is 4.98 Å². The summed E-state index contributed by atoms with van der Waals surface area (Å²) in [5, 5.41) is 2.87. The van der Waals surface area contributed by atoms with Crippen molar-refractivity contribution in [2.75, 3.05) is 5.32 Å². The minimum atomic E-state index is -0.0633. The lowest BCUT2D eigenvalue weighted by Gasteiger charge is -1.98. The molecule has 4 heteroatoms. The minimum absolute atomic E-state index is 0.0633. The largest absolute Gasteiger partial charge is 0.320 e. The van der Waals surface area contributed by atoms with Crippen molar-refractivity contribution in [3.8, 4) is 0 Å². The number of aromatic nitrogens is 1. The SMILES string of the molecule is CCCCc1ccc(C=C2C(=O)Nc3ccc(C)nc32)s1. The number of fused-ring (bicyclic) bond motifs is 1. The van der Waals surface area contributed by atoms with Crippen LogP contribution in [0.25, 0.3) is 11.6 Å². The molecule has 3 heterocycles. The average Bonchev–Trinajstić information content (AvgIpc) is 3.03. The maximum Gasteiger partial charge on any atom is 0.258 e. The third-order valence-electron chi connectivity index (χ3n) is 3.53. The van der Waals surface area contributed by atoms with Gasteiger partial charge in [0.25, 0.3) is 5.91 Å². The van der Waals surface area contributed by atoms with Gasteiger partial charge in [0, 0.05) is 15.4 Å². The van der Waals surface area contributed by atoms with Crippen LogP contribution in [0.4, 0.5) is 5.69 Å². The van der Waals surface area contributed by atoms with Gasteiger partial charge in [0.05, 0.1) is 17.0 Å². The molecule has 0 saturated carbocycles. The Hall–Kier alpha value is -1.94. The second-order valence-corrected chi connectivity index (χ2v) is 6.47. The van der Waals surface area contributed by atoms with E-state index in [-0.39, 0.29) is 5.91 Å². The molecule has 0 spiro atoms. The maximum atomic E-state index is 12.1. The van der Waals surface area contributed by atoms with Crippen molar-refractivity contribution in [3.63, 3.8) is 0 Å². The van der Waals surface area contributed by atoms with Gasteiger partial charge in [0.1, 0.15) is 0 Å². The lowest BCUT2D eigenvalue weighted by Crippen LogP contribution is -2.03. The molecule has 0 fully saturated rings. The topological polar surface area (TPSA) is 42.0 Å². The summed E-state index contributed by atoms with van der Waals surface area (Å²) in [5.74, 6) is -0.0633. The van der Waals surface area contributed by atoms with Gasteiger partial charge in [-0.05, 0) is 50.1 Å². The second-order valence-electron chi connectivity index (χ2n) is 5.27. The van der Waals surface area contributed by atoms with Crippen LogP contribution in [0.1, 0.15) is 40.9 Å². The fourth-order valence-electron chi connectivity index (χ4n) is 2.39. The van der Waals surface area contributed by atoms with Crippen molar-refractivity contribution in [2.45, 2.75) is 33.1 Å². The van der Waals surface area contributed by atoms with E-state index in [0.29, 0.717) is 5.57 Å². The molecule has 3 rings (SSSR count). The Balaban J connectivity index is 1.91. The van der Waals surface area contributed by atoms with Crippen LogP contribution in [0.2, 0.25) is 0 Å². The highest BCUT2D eigenvalue weighted by molar-refractivity contribution is 7.13. The van der Waals surface area contributed by atoms with E-state index in [1.165, 1.54) is 17.7 Å². The molecule has 0 bridgehead atoms. The molecule has 108 valence electrons. The summed E-state index contributed by atoms with van der Waals surface area (Å²) in [6, 6.07) is 8.07. The van der Waals surface area contributed by atoms with Gasteiger partial charge < -0.3 is 5.32 Å². The number of thiophene rings is 1. The zero-order valence-electron chi connectivity index (χ0n) is 12.3. The Bertz CT molecular complexity index is 715. The fourth-order valence-corrected chi connectivity index (χ4v) is 3.39. The summed E-state index contributed by atoms with van der Waals surface area (Å²) in [7, 11) is 0. The second kappa shape index (κ2) is 5.82. The Morgan fingerprint density at radius 2 is 2.14 bits per heavy atom. The quantitative estimate of drug-likeness (QED) is 0.856. The summed E-state index contributed by atoms with van der Waals surface area (Å²) < 4.78 is 0. The number of hydrogen-bond donors (Lipinski definition) is 1. The summed E-state index contributed by atoms with van der Waals surface area (Å²) >= 11 is 1.76. The lowest BCUT2D eigenvalue weighted by atomic mass is 10.1. The standard InChI is InChI=1S/C17H18N2OS/c1-3-4-5-12-7-8-13(21-12)10-14-16-15(19-17(14)20)9-6-11(2)18-16/h6-10H,3-5H2,1-2H3,(H,19,20). The number of aryl methyl sites for hydroxylation is 2. The first-order valence-electron chi connectivity index (χ1n) is 7.27. The molecule has 1 N–H and O–H groups in total. The molecule has 0 atom stereocenters. The van der Waals surface area contributed by atoms with E-state index in [1.807, 2.05) is 25.1 Å². The number of nitrogens with one attached hydrogen (secondary N) is 1. The van der Waals surface area contributed by atoms with E-state index in [2.05, 4.69) is 29.4 Å². The third kappa shape index (κ3) is 2.90. The van der Waals surface area contributed by atoms with Crippen LogP contribution in [0.3, 0.4) is 0 Å². The van der Waals surface area contributed by atoms with E-state index in [9.17, 15) is 4.79 Å². The molecular weight excluding hydrogens is 280 g/mol. The van der Waals surface area contributed by atoms with Crippen LogP contribution in [0.15, 0.2) is 24.3 Å². The average molecular weight is 298 g/mol. The monoisotopic (exact) mass is 298 g/mol. The molecule has 21 heavy (non-hydrogen) atoms. The summed E-state index contributed by atoms with van der Waals surface area (Å²) in [5.41, 5.74) is 3.16.